The van der Waals surface area contributed by atoms with Gasteiger partial charge in [-0.15, -0.1) is 5.11 Å². The molecule has 10 heteroatoms. The summed E-state index contributed by atoms with van der Waals surface area (Å²) in [6.07, 6.45) is 1.34. The standard InChI is InChI=1S/C14H22N4O5S/c1-4-5-8-24(21,22)16-11-6-7-13(23-3)12(9-11)15-17-18(2)10-14(19)20/h6-7,9,16H,4-5,8,10H2,1-3H3,(H,19,20). The van der Waals surface area contributed by atoms with E-state index in [2.05, 4.69) is 15.1 Å². The molecule has 2 N–H and O–H groups in total. The highest BCUT2D eigenvalue weighted by Gasteiger charge is 2.12. The van der Waals surface area contributed by atoms with Gasteiger partial charge in [0.05, 0.1) is 18.6 Å². The molecule has 134 valence electrons. The minimum absolute atomic E-state index is 0.0354. The Kier molecular flexibility index (Phi) is 7.43. The van der Waals surface area contributed by atoms with Crippen LogP contribution in [-0.2, 0) is 14.8 Å². The number of methoxy groups -OCH3 is 1. The van der Waals surface area contributed by atoms with Crippen molar-refractivity contribution in [2.75, 3.05) is 31.2 Å². The van der Waals surface area contributed by atoms with Crippen LogP contribution in [0, 0.1) is 0 Å². The molecule has 0 saturated heterocycles. The molecule has 0 spiro atoms. The van der Waals surface area contributed by atoms with Gasteiger partial charge in [-0.1, -0.05) is 18.6 Å². The van der Waals surface area contributed by atoms with Gasteiger partial charge in [-0.05, 0) is 24.6 Å². The molecular weight excluding hydrogens is 336 g/mol. The second kappa shape index (κ2) is 9.06. The van der Waals surface area contributed by atoms with Crippen molar-refractivity contribution in [1.29, 1.82) is 0 Å². The lowest BCUT2D eigenvalue weighted by Crippen LogP contribution is -2.19. The molecule has 1 aromatic rings. The summed E-state index contributed by atoms with van der Waals surface area (Å²) in [6, 6.07) is 4.59. The zero-order chi connectivity index (χ0) is 18.2. The van der Waals surface area contributed by atoms with E-state index in [-0.39, 0.29) is 18.0 Å². The van der Waals surface area contributed by atoms with Crippen LogP contribution in [0.4, 0.5) is 11.4 Å². The summed E-state index contributed by atoms with van der Waals surface area (Å²) in [7, 11) is -0.527. The number of ether oxygens (including phenoxy) is 1. The Morgan fingerprint density at radius 3 is 2.71 bits per heavy atom. The van der Waals surface area contributed by atoms with Gasteiger partial charge < -0.3 is 9.84 Å². The van der Waals surface area contributed by atoms with E-state index >= 15 is 0 Å². The van der Waals surface area contributed by atoms with E-state index in [0.717, 1.165) is 11.4 Å². The first kappa shape index (κ1) is 19.7. The first-order valence-corrected chi connectivity index (χ1v) is 8.95. The highest BCUT2D eigenvalue weighted by atomic mass is 32.2. The fourth-order valence-corrected chi connectivity index (χ4v) is 3.01. The van der Waals surface area contributed by atoms with E-state index in [9.17, 15) is 13.2 Å². The van der Waals surface area contributed by atoms with E-state index in [1.54, 1.807) is 12.1 Å². The first-order valence-electron chi connectivity index (χ1n) is 7.30. The molecule has 1 rings (SSSR count). The van der Waals surface area contributed by atoms with Crippen LogP contribution in [-0.4, -0.2) is 51.0 Å². The fraction of sp³-hybridized carbons (Fsp3) is 0.500. The summed E-state index contributed by atoms with van der Waals surface area (Å²) in [5, 5.41) is 17.5. The molecule has 1 aromatic carbocycles. The number of hydrogen-bond acceptors (Lipinski definition) is 6. The SMILES string of the molecule is CCCCS(=O)(=O)Nc1ccc(OC)c(N=NN(C)CC(=O)O)c1. The van der Waals surface area contributed by atoms with Crippen LogP contribution in [0.2, 0.25) is 0 Å². The van der Waals surface area contributed by atoms with Crippen molar-refractivity contribution in [3.05, 3.63) is 18.2 Å². The molecule has 0 atom stereocenters. The predicted octanol–water partition coefficient (Wildman–Crippen LogP) is 2.25. The highest BCUT2D eigenvalue weighted by molar-refractivity contribution is 7.92. The van der Waals surface area contributed by atoms with Gasteiger partial charge in [0.25, 0.3) is 0 Å². The molecular formula is C14H22N4O5S. The number of rotatable bonds is 10. The summed E-state index contributed by atoms with van der Waals surface area (Å²) in [5.74, 6) is -0.617. The largest absolute Gasteiger partial charge is 0.494 e. The molecule has 0 fully saturated rings. The van der Waals surface area contributed by atoms with Crippen molar-refractivity contribution in [2.24, 2.45) is 10.3 Å². The van der Waals surface area contributed by atoms with Crippen LogP contribution in [0.5, 0.6) is 5.75 Å². The van der Waals surface area contributed by atoms with Crippen molar-refractivity contribution in [1.82, 2.24) is 5.01 Å². The number of carboxylic acid groups (broad SMARTS) is 1. The smallest absolute Gasteiger partial charge is 0.324 e. The Morgan fingerprint density at radius 2 is 2.12 bits per heavy atom. The minimum atomic E-state index is -3.43. The lowest BCUT2D eigenvalue weighted by molar-refractivity contribution is -0.138. The van der Waals surface area contributed by atoms with Gasteiger partial charge in [-0.2, -0.15) is 0 Å². The van der Waals surface area contributed by atoms with Crippen molar-refractivity contribution in [3.8, 4) is 5.75 Å². The van der Waals surface area contributed by atoms with Gasteiger partial charge >= 0.3 is 5.97 Å². The molecule has 0 amide bonds. The lowest BCUT2D eigenvalue weighted by atomic mass is 10.2. The van der Waals surface area contributed by atoms with E-state index in [1.165, 1.54) is 20.2 Å². The average Bonchev–Trinajstić information content (AvgIpc) is 2.50. The number of carboxylic acids is 1. The summed E-state index contributed by atoms with van der Waals surface area (Å²) < 4.78 is 31.5. The zero-order valence-electron chi connectivity index (χ0n) is 13.9. The van der Waals surface area contributed by atoms with Gasteiger partial charge in [0.1, 0.15) is 18.0 Å². The maximum atomic E-state index is 11.9. The zero-order valence-corrected chi connectivity index (χ0v) is 14.7. The average molecular weight is 358 g/mol. The first-order chi connectivity index (χ1) is 11.3. The summed E-state index contributed by atoms with van der Waals surface area (Å²) >= 11 is 0. The van der Waals surface area contributed by atoms with Crippen LogP contribution in [0.1, 0.15) is 19.8 Å². The molecule has 0 bridgehead atoms. The molecule has 24 heavy (non-hydrogen) atoms. The van der Waals surface area contributed by atoms with Gasteiger partial charge in [0.15, 0.2) is 0 Å². The van der Waals surface area contributed by atoms with Crippen LogP contribution < -0.4 is 9.46 Å². The highest BCUT2D eigenvalue weighted by Crippen LogP contribution is 2.31. The molecule has 0 aromatic heterocycles. The van der Waals surface area contributed by atoms with Gasteiger partial charge in [0.2, 0.25) is 10.0 Å². The van der Waals surface area contributed by atoms with Crippen molar-refractivity contribution in [3.63, 3.8) is 0 Å². The third-order valence-electron chi connectivity index (χ3n) is 2.89. The number of sulfonamides is 1. The molecule has 0 aliphatic heterocycles. The van der Waals surface area contributed by atoms with Crippen LogP contribution in [0.15, 0.2) is 28.5 Å². The van der Waals surface area contributed by atoms with E-state index in [4.69, 9.17) is 9.84 Å². The van der Waals surface area contributed by atoms with Gasteiger partial charge in [-0.25, -0.2) is 8.42 Å². The second-order valence-electron chi connectivity index (χ2n) is 5.06. The van der Waals surface area contributed by atoms with E-state index in [0.29, 0.717) is 17.9 Å². The van der Waals surface area contributed by atoms with E-state index < -0.39 is 16.0 Å². The monoisotopic (exact) mass is 358 g/mol. The Balaban J connectivity index is 2.96. The number of nitrogens with zero attached hydrogens (tertiary/aromatic N) is 3. The fourth-order valence-electron chi connectivity index (χ4n) is 1.75. The number of carbonyl (C=O) groups is 1. The molecule has 0 heterocycles. The minimum Gasteiger partial charge on any atom is -0.494 e. The van der Waals surface area contributed by atoms with Crippen molar-refractivity contribution >= 4 is 27.4 Å². The number of anilines is 1. The summed E-state index contributed by atoms with van der Waals surface area (Å²) in [4.78, 5) is 10.6. The van der Waals surface area contributed by atoms with Crippen LogP contribution in [0.3, 0.4) is 0 Å². The number of unbranched alkanes of at least 4 members (excludes halogenated alkanes) is 1. The number of benzene rings is 1. The molecule has 9 nitrogen and oxygen atoms in total. The third kappa shape index (κ3) is 6.82. The number of nitrogens with one attached hydrogen (secondary N) is 1. The van der Waals surface area contributed by atoms with Crippen LogP contribution >= 0.6 is 0 Å². The molecule has 0 aliphatic carbocycles. The topological polar surface area (TPSA) is 121 Å². The normalized spacial score (nSPS) is 11.5. The third-order valence-corrected chi connectivity index (χ3v) is 4.26. The lowest BCUT2D eigenvalue weighted by Gasteiger charge is -2.11. The molecule has 0 aliphatic rings. The number of likely N-dealkylation sites (N-methyl/N-ethyl adjacent to an activating group) is 1. The predicted molar refractivity (Wildman–Crippen MR) is 90.1 cm³/mol. The second-order valence-corrected chi connectivity index (χ2v) is 6.90. The van der Waals surface area contributed by atoms with Crippen molar-refractivity contribution < 1.29 is 23.1 Å². The number of hydrogen-bond donors (Lipinski definition) is 2. The quantitative estimate of drug-likeness (QED) is 0.489. The Labute approximate surface area is 141 Å². The van der Waals surface area contributed by atoms with E-state index in [1.807, 2.05) is 6.92 Å². The Hall–Kier alpha value is -2.36. The summed E-state index contributed by atoms with van der Waals surface area (Å²) in [6.45, 7) is 1.60. The summed E-state index contributed by atoms with van der Waals surface area (Å²) in [5.41, 5.74) is 0.618. The Morgan fingerprint density at radius 1 is 1.42 bits per heavy atom. The Bertz CT molecular complexity index is 690. The maximum Gasteiger partial charge on any atom is 0.324 e. The number of aliphatic carboxylic acids is 1. The van der Waals surface area contributed by atoms with Crippen molar-refractivity contribution in [2.45, 2.75) is 19.8 Å². The maximum absolute atomic E-state index is 11.9. The van der Waals surface area contributed by atoms with Gasteiger partial charge in [0, 0.05) is 7.05 Å². The molecule has 0 radical (unpaired) electrons. The molecule has 0 unspecified atom stereocenters. The molecule has 0 saturated carbocycles. The van der Waals surface area contributed by atoms with Gasteiger partial charge in [-0.3, -0.25) is 14.5 Å². The van der Waals surface area contributed by atoms with Crippen LogP contribution in [0.25, 0.3) is 0 Å².